The lowest BCUT2D eigenvalue weighted by molar-refractivity contribution is 0.0983. The van der Waals surface area contributed by atoms with Gasteiger partial charge in [0.2, 0.25) is 0 Å². The number of Topliss-reactive ketones (excluding diaryl/α,β-unsaturated/α-hetero) is 1. The molecule has 0 spiro atoms. The van der Waals surface area contributed by atoms with Crippen LogP contribution >= 0.6 is 12.4 Å². The molecule has 0 aromatic heterocycles. The van der Waals surface area contributed by atoms with Crippen LogP contribution in [0.5, 0.6) is 11.5 Å². The van der Waals surface area contributed by atoms with E-state index in [2.05, 4.69) is 29.2 Å². The fraction of sp³-hybridized carbons (Fsp3) is 0.316. The Labute approximate surface area is 147 Å². The van der Waals surface area contributed by atoms with Crippen molar-refractivity contribution >= 4 is 23.9 Å². The quantitative estimate of drug-likeness (QED) is 0.795. The van der Waals surface area contributed by atoms with Gasteiger partial charge < -0.3 is 14.4 Å². The molecule has 5 heteroatoms. The molecule has 0 bridgehead atoms. The number of fused-ring (bicyclic) bond motifs is 2. The van der Waals surface area contributed by atoms with Crippen molar-refractivity contribution in [3.8, 4) is 11.5 Å². The number of hydrogen-bond donors (Lipinski definition) is 0. The average Bonchev–Trinajstić information content (AvgIpc) is 3.02. The van der Waals surface area contributed by atoms with Gasteiger partial charge in [-0.15, -0.1) is 12.4 Å². The van der Waals surface area contributed by atoms with Gasteiger partial charge in [-0.2, -0.15) is 0 Å². The monoisotopic (exact) mass is 345 g/mol. The van der Waals surface area contributed by atoms with E-state index in [0.717, 1.165) is 25.3 Å². The third kappa shape index (κ3) is 3.20. The van der Waals surface area contributed by atoms with E-state index < -0.39 is 0 Å². The molecule has 0 amide bonds. The summed E-state index contributed by atoms with van der Waals surface area (Å²) in [6.45, 7) is 2.85. The van der Waals surface area contributed by atoms with Crippen LogP contribution in [-0.2, 0) is 6.42 Å². The van der Waals surface area contributed by atoms with Crippen molar-refractivity contribution in [2.45, 2.75) is 12.8 Å². The number of ketones is 1. The second kappa shape index (κ2) is 7.14. The fourth-order valence-electron chi connectivity index (χ4n) is 3.24. The van der Waals surface area contributed by atoms with Crippen LogP contribution in [0.25, 0.3) is 0 Å². The summed E-state index contributed by atoms with van der Waals surface area (Å²) in [5, 5.41) is 0. The summed E-state index contributed by atoms with van der Waals surface area (Å²) in [7, 11) is 0. The highest BCUT2D eigenvalue weighted by atomic mass is 35.5. The van der Waals surface area contributed by atoms with Crippen molar-refractivity contribution in [3.05, 3.63) is 53.6 Å². The highest BCUT2D eigenvalue weighted by molar-refractivity contribution is 5.97. The molecule has 0 N–H and O–H groups in total. The molecule has 0 saturated heterocycles. The Kier molecular flexibility index (Phi) is 4.95. The number of nitrogens with zero attached hydrogens (tertiary/aromatic N) is 1. The summed E-state index contributed by atoms with van der Waals surface area (Å²) in [4.78, 5) is 14.8. The number of benzene rings is 2. The average molecular weight is 346 g/mol. The minimum Gasteiger partial charge on any atom is -0.486 e. The molecule has 0 aliphatic carbocycles. The first-order chi connectivity index (χ1) is 11.3. The smallest absolute Gasteiger partial charge is 0.164 e. The van der Waals surface area contributed by atoms with Crippen molar-refractivity contribution in [3.63, 3.8) is 0 Å². The molecule has 0 atom stereocenters. The molecule has 2 heterocycles. The predicted octanol–water partition coefficient (Wildman–Crippen LogP) is 3.52. The lowest BCUT2D eigenvalue weighted by Crippen LogP contribution is -2.24. The molecule has 0 saturated carbocycles. The first-order valence-corrected chi connectivity index (χ1v) is 8.07. The summed E-state index contributed by atoms with van der Waals surface area (Å²) in [5.41, 5.74) is 3.34. The zero-order chi connectivity index (χ0) is 15.6. The number of ether oxygens (including phenoxy) is 2. The first-order valence-electron chi connectivity index (χ1n) is 8.07. The molecule has 4 nitrogen and oxygen atoms in total. The van der Waals surface area contributed by atoms with Crippen molar-refractivity contribution < 1.29 is 14.3 Å². The fourth-order valence-corrected chi connectivity index (χ4v) is 3.24. The number of rotatable bonds is 4. The van der Waals surface area contributed by atoms with E-state index in [1.165, 1.54) is 11.3 Å². The first kappa shape index (κ1) is 16.7. The third-order valence-electron chi connectivity index (χ3n) is 4.46. The molecule has 2 aliphatic rings. The molecular weight excluding hydrogens is 326 g/mol. The van der Waals surface area contributed by atoms with E-state index in [0.29, 0.717) is 30.9 Å². The van der Waals surface area contributed by atoms with Gasteiger partial charge in [-0.05, 0) is 36.2 Å². The van der Waals surface area contributed by atoms with Crippen molar-refractivity contribution in [2.24, 2.45) is 0 Å². The molecule has 0 radical (unpaired) electrons. The largest absolute Gasteiger partial charge is 0.486 e. The van der Waals surface area contributed by atoms with Crippen LogP contribution in [0, 0.1) is 0 Å². The molecular formula is C19H20ClNO3. The highest BCUT2D eigenvalue weighted by Crippen LogP contribution is 2.31. The SMILES string of the molecule is Cl.O=C(CCN1CCc2ccccc21)c1ccc2c(c1)OCCO2. The normalized spacial score (nSPS) is 14.8. The van der Waals surface area contributed by atoms with Gasteiger partial charge in [0.05, 0.1) is 0 Å². The maximum absolute atomic E-state index is 12.5. The second-order valence-corrected chi connectivity index (χ2v) is 5.90. The molecule has 0 fully saturated rings. The maximum atomic E-state index is 12.5. The summed E-state index contributed by atoms with van der Waals surface area (Å²) in [5.74, 6) is 1.54. The van der Waals surface area contributed by atoms with Gasteiger partial charge in [-0.3, -0.25) is 4.79 Å². The van der Waals surface area contributed by atoms with Crippen molar-refractivity contribution in [1.29, 1.82) is 0 Å². The molecule has 0 unspecified atom stereocenters. The van der Waals surface area contributed by atoms with Gasteiger partial charge in [-0.25, -0.2) is 0 Å². The van der Waals surface area contributed by atoms with E-state index in [4.69, 9.17) is 9.47 Å². The van der Waals surface area contributed by atoms with Gasteiger partial charge in [-0.1, -0.05) is 18.2 Å². The van der Waals surface area contributed by atoms with Gasteiger partial charge in [0.1, 0.15) is 13.2 Å². The molecule has 2 aromatic carbocycles. The van der Waals surface area contributed by atoms with E-state index in [9.17, 15) is 4.79 Å². The standard InChI is InChI=1S/C19H19NO3.ClH/c21-17(15-5-6-18-19(13-15)23-12-11-22-18)8-10-20-9-7-14-3-1-2-4-16(14)20;/h1-6,13H,7-12H2;1H. The summed E-state index contributed by atoms with van der Waals surface area (Å²) < 4.78 is 11.0. The van der Waals surface area contributed by atoms with Crippen LogP contribution in [0.15, 0.2) is 42.5 Å². The van der Waals surface area contributed by atoms with Crippen LogP contribution < -0.4 is 14.4 Å². The number of carbonyl (C=O) groups excluding carboxylic acids is 1. The van der Waals surface area contributed by atoms with Crippen LogP contribution in [0.4, 0.5) is 5.69 Å². The van der Waals surface area contributed by atoms with Crippen LogP contribution in [0.2, 0.25) is 0 Å². The van der Waals surface area contributed by atoms with E-state index in [1.54, 1.807) is 6.07 Å². The Bertz CT molecular complexity index is 747. The van der Waals surface area contributed by atoms with Crippen molar-refractivity contribution in [1.82, 2.24) is 0 Å². The Morgan fingerprint density at radius 2 is 1.83 bits per heavy atom. The van der Waals surface area contributed by atoms with E-state index in [-0.39, 0.29) is 18.2 Å². The molecule has 126 valence electrons. The van der Waals surface area contributed by atoms with Gasteiger partial charge >= 0.3 is 0 Å². The zero-order valence-electron chi connectivity index (χ0n) is 13.4. The van der Waals surface area contributed by atoms with Crippen LogP contribution in [0.1, 0.15) is 22.3 Å². The topological polar surface area (TPSA) is 38.8 Å². The maximum Gasteiger partial charge on any atom is 0.164 e. The number of para-hydroxylation sites is 1. The lowest BCUT2D eigenvalue weighted by Gasteiger charge is -2.20. The number of anilines is 1. The highest BCUT2D eigenvalue weighted by Gasteiger charge is 2.20. The third-order valence-corrected chi connectivity index (χ3v) is 4.46. The summed E-state index contributed by atoms with van der Waals surface area (Å²) in [6, 6.07) is 13.9. The van der Waals surface area contributed by atoms with Crippen molar-refractivity contribution in [2.75, 3.05) is 31.2 Å². The number of carbonyl (C=O) groups is 1. The lowest BCUT2D eigenvalue weighted by atomic mass is 10.1. The Morgan fingerprint density at radius 3 is 2.71 bits per heavy atom. The van der Waals surface area contributed by atoms with E-state index in [1.807, 2.05) is 12.1 Å². The minimum absolute atomic E-state index is 0. The molecule has 2 aliphatic heterocycles. The van der Waals surface area contributed by atoms with Gasteiger partial charge in [0, 0.05) is 30.8 Å². The molecule has 24 heavy (non-hydrogen) atoms. The Balaban J connectivity index is 0.00000169. The zero-order valence-corrected chi connectivity index (χ0v) is 14.2. The van der Waals surface area contributed by atoms with Gasteiger partial charge in [0.15, 0.2) is 17.3 Å². The Morgan fingerprint density at radius 1 is 1.04 bits per heavy atom. The van der Waals surface area contributed by atoms with Gasteiger partial charge in [0.25, 0.3) is 0 Å². The molecule has 4 rings (SSSR count). The predicted molar refractivity (Wildman–Crippen MR) is 96.0 cm³/mol. The summed E-state index contributed by atoms with van der Waals surface area (Å²) >= 11 is 0. The number of halogens is 1. The number of hydrogen-bond acceptors (Lipinski definition) is 4. The summed E-state index contributed by atoms with van der Waals surface area (Å²) in [6.07, 6.45) is 1.57. The van der Waals surface area contributed by atoms with Crippen LogP contribution in [0.3, 0.4) is 0 Å². The minimum atomic E-state index is 0. The Hall–Kier alpha value is -2.20. The van der Waals surface area contributed by atoms with E-state index >= 15 is 0 Å². The second-order valence-electron chi connectivity index (χ2n) is 5.90. The molecule has 2 aromatic rings. The van der Waals surface area contributed by atoms with Crippen LogP contribution in [-0.4, -0.2) is 32.1 Å².